The minimum Gasteiger partial charge on any atom is -0.353 e. The number of benzene rings is 2. The first-order valence-corrected chi connectivity index (χ1v) is 12.1. The van der Waals surface area contributed by atoms with Crippen molar-refractivity contribution in [2.24, 2.45) is 0 Å². The molecule has 8 heteroatoms. The molecule has 2 aromatic rings. The fourth-order valence-electron chi connectivity index (χ4n) is 4.68. The molecule has 4 rings (SSSR count). The monoisotopic (exact) mass is 481 g/mol. The van der Waals surface area contributed by atoms with Crippen molar-refractivity contribution in [2.75, 3.05) is 19.7 Å². The number of carbonyl (C=O) groups excluding carboxylic acids is 3. The lowest BCUT2D eigenvalue weighted by atomic mass is 9.96. The number of ether oxygens (including phenoxy) is 1. The molecule has 35 heavy (non-hydrogen) atoms. The van der Waals surface area contributed by atoms with Gasteiger partial charge in [-0.05, 0) is 56.7 Å². The van der Waals surface area contributed by atoms with E-state index in [4.69, 9.17) is 4.74 Å². The number of hydrogen-bond donors (Lipinski definition) is 1. The first-order chi connectivity index (χ1) is 16.7. The third kappa shape index (κ3) is 5.07. The minimum atomic E-state index is -0.973. The second-order valence-electron chi connectivity index (χ2n) is 9.43. The van der Waals surface area contributed by atoms with E-state index in [-0.39, 0.29) is 30.4 Å². The summed E-state index contributed by atoms with van der Waals surface area (Å²) in [7, 11) is 0. The predicted molar refractivity (Wildman–Crippen MR) is 129 cm³/mol. The van der Waals surface area contributed by atoms with E-state index in [1.165, 1.54) is 24.3 Å². The number of carbonyl (C=O) groups is 3. The summed E-state index contributed by atoms with van der Waals surface area (Å²) in [6.45, 7) is 6.67. The minimum absolute atomic E-state index is 0.0226. The first kappa shape index (κ1) is 24.9. The van der Waals surface area contributed by atoms with Crippen molar-refractivity contribution >= 4 is 17.7 Å². The van der Waals surface area contributed by atoms with Gasteiger partial charge < -0.3 is 15.0 Å². The molecule has 3 amide bonds. The fraction of sp³-hybridized carbons (Fsp3) is 0.444. The highest BCUT2D eigenvalue weighted by Gasteiger charge is 2.54. The van der Waals surface area contributed by atoms with Gasteiger partial charge in [0.2, 0.25) is 5.91 Å². The van der Waals surface area contributed by atoms with Crippen LogP contribution < -0.4 is 5.32 Å². The second-order valence-corrected chi connectivity index (χ2v) is 9.43. The van der Waals surface area contributed by atoms with Crippen molar-refractivity contribution in [2.45, 2.75) is 57.8 Å². The van der Waals surface area contributed by atoms with Crippen LogP contribution in [0.5, 0.6) is 0 Å². The van der Waals surface area contributed by atoms with Gasteiger partial charge in [0, 0.05) is 43.1 Å². The fourth-order valence-corrected chi connectivity index (χ4v) is 4.68. The maximum absolute atomic E-state index is 13.7. The van der Waals surface area contributed by atoms with Gasteiger partial charge in [0.1, 0.15) is 17.6 Å². The van der Waals surface area contributed by atoms with Crippen LogP contribution in [0.4, 0.5) is 4.39 Å². The van der Waals surface area contributed by atoms with Gasteiger partial charge in [0.25, 0.3) is 11.8 Å². The SMILES string of the molecule is CCC(C)NC(=O)C1COC2(CCN(C(=O)c3ccc(F)cc3)CC2)N1C(=O)c1ccc(C)cc1. The molecular weight excluding hydrogens is 449 g/mol. The van der Waals surface area contributed by atoms with Gasteiger partial charge >= 0.3 is 0 Å². The second kappa shape index (κ2) is 10.2. The van der Waals surface area contributed by atoms with Crippen LogP contribution in [0.25, 0.3) is 0 Å². The van der Waals surface area contributed by atoms with Gasteiger partial charge in [0.05, 0.1) is 6.61 Å². The molecule has 7 nitrogen and oxygen atoms in total. The summed E-state index contributed by atoms with van der Waals surface area (Å²) < 4.78 is 19.5. The molecule has 2 unspecified atom stereocenters. The Bertz CT molecular complexity index is 1080. The third-order valence-electron chi connectivity index (χ3n) is 7.00. The van der Waals surface area contributed by atoms with E-state index in [0.29, 0.717) is 37.1 Å². The molecular formula is C27H32FN3O4. The number of nitrogens with one attached hydrogen (secondary N) is 1. The smallest absolute Gasteiger partial charge is 0.256 e. The number of piperidine rings is 1. The van der Waals surface area contributed by atoms with Crippen molar-refractivity contribution in [1.82, 2.24) is 15.1 Å². The average Bonchev–Trinajstić information content (AvgIpc) is 3.23. The summed E-state index contributed by atoms with van der Waals surface area (Å²) >= 11 is 0. The highest BCUT2D eigenvalue weighted by atomic mass is 19.1. The molecule has 2 fully saturated rings. The topological polar surface area (TPSA) is 79.0 Å². The summed E-state index contributed by atoms with van der Waals surface area (Å²) in [6.07, 6.45) is 1.53. The van der Waals surface area contributed by atoms with Crippen molar-refractivity contribution in [3.05, 3.63) is 71.0 Å². The molecule has 2 aliphatic heterocycles. The summed E-state index contributed by atoms with van der Waals surface area (Å²) in [5, 5.41) is 2.98. The first-order valence-electron chi connectivity index (χ1n) is 12.1. The van der Waals surface area contributed by atoms with Crippen LogP contribution in [0.15, 0.2) is 48.5 Å². The number of likely N-dealkylation sites (tertiary alicyclic amines) is 1. The Balaban J connectivity index is 1.57. The van der Waals surface area contributed by atoms with Gasteiger partial charge in [-0.25, -0.2) is 4.39 Å². The third-order valence-corrected chi connectivity index (χ3v) is 7.00. The number of rotatable bonds is 5. The Labute approximate surface area is 205 Å². The molecule has 2 aromatic carbocycles. The summed E-state index contributed by atoms with van der Waals surface area (Å²) in [5.41, 5.74) is 0.964. The van der Waals surface area contributed by atoms with Crippen LogP contribution in [0.3, 0.4) is 0 Å². The van der Waals surface area contributed by atoms with E-state index >= 15 is 0 Å². The molecule has 1 spiro atoms. The highest BCUT2D eigenvalue weighted by Crippen LogP contribution is 2.39. The lowest BCUT2D eigenvalue weighted by Crippen LogP contribution is -2.60. The zero-order chi connectivity index (χ0) is 25.2. The van der Waals surface area contributed by atoms with Crippen LogP contribution >= 0.6 is 0 Å². The normalized spacial score (nSPS) is 20.1. The van der Waals surface area contributed by atoms with E-state index in [1.54, 1.807) is 21.9 Å². The molecule has 2 atom stereocenters. The summed E-state index contributed by atoms with van der Waals surface area (Å²) in [4.78, 5) is 43.1. The van der Waals surface area contributed by atoms with E-state index in [2.05, 4.69) is 5.32 Å². The van der Waals surface area contributed by atoms with Crippen molar-refractivity contribution in [1.29, 1.82) is 0 Å². The van der Waals surface area contributed by atoms with E-state index in [0.717, 1.165) is 12.0 Å². The van der Waals surface area contributed by atoms with Crippen LogP contribution in [-0.4, -0.2) is 65.0 Å². The van der Waals surface area contributed by atoms with Crippen LogP contribution in [-0.2, 0) is 9.53 Å². The zero-order valence-corrected chi connectivity index (χ0v) is 20.4. The quantitative estimate of drug-likeness (QED) is 0.709. The van der Waals surface area contributed by atoms with Gasteiger partial charge in [-0.2, -0.15) is 0 Å². The standard InChI is InChI=1S/C27H32FN3O4/c1-4-19(3)29-24(32)23-17-35-27(31(23)26(34)21-7-5-18(2)6-8-21)13-15-30(16-14-27)25(33)20-9-11-22(28)12-10-20/h5-12,19,23H,4,13-17H2,1-3H3,(H,29,32). The van der Waals surface area contributed by atoms with E-state index < -0.39 is 17.6 Å². The number of aryl methyl sites for hydroxylation is 1. The number of halogens is 1. The Morgan fingerprint density at radius 1 is 1.03 bits per heavy atom. The maximum Gasteiger partial charge on any atom is 0.256 e. The van der Waals surface area contributed by atoms with Crippen molar-refractivity contribution < 1.29 is 23.5 Å². The molecule has 2 aliphatic rings. The van der Waals surface area contributed by atoms with Gasteiger partial charge in [-0.1, -0.05) is 24.6 Å². The lowest BCUT2D eigenvalue weighted by molar-refractivity contribution is -0.128. The van der Waals surface area contributed by atoms with Crippen LogP contribution in [0.2, 0.25) is 0 Å². The molecule has 0 bridgehead atoms. The average molecular weight is 482 g/mol. The molecule has 0 saturated carbocycles. The zero-order valence-electron chi connectivity index (χ0n) is 20.4. The van der Waals surface area contributed by atoms with Crippen LogP contribution in [0, 0.1) is 12.7 Å². The largest absolute Gasteiger partial charge is 0.353 e. The molecule has 2 saturated heterocycles. The Morgan fingerprint density at radius 2 is 1.60 bits per heavy atom. The summed E-state index contributed by atoms with van der Waals surface area (Å²) in [6, 6.07) is 12.0. The number of hydrogen-bond acceptors (Lipinski definition) is 4. The Hall–Kier alpha value is -3.26. The van der Waals surface area contributed by atoms with E-state index in [9.17, 15) is 18.8 Å². The highest BCUT2D eigenvalue weighted by molar-refractivity contribution is 5.98. The summed E-state index contributed by atoms with van der Waals surface area (Å²) in [5.74, 6) is -1.09. The van der Waals surface area contributed by atoms with Gasteiger partial charge in [0.15, 0.2) is 0 Å². The van der Waals surface area contributed by atoms with Crippen LogP contribution in [0.1, 0.15) is 59.4 Å². The molecule has 0 radical (unpaired) electrons. The molecule has 186 valence electrons. The predicted octanol–water partition coefficient (Wildman–Crippen LogP) is 3.52. The molecule has 1 N–H and O–H groups in total. The lowest BCUT2D eigenvalue weighted by Gasteiger charge is -2.44. The van der Waals surface area contributed by atoms with Crippen molar-refractivity contribution in [3.63, 3.8) is 0 Å². The van der Waals surface area contributed by atoms with Gasteiger partial charge in [-0.3, -0.25) is 19.3 Å². The number of amides is 3. The Kier molecular flexibility index (Phi) is 7.21. The van der Waals surface area contributed by atoms with E-state index in [1.807, 2.05) is 32.9 Å². The maximum atomic E-state index is 13.7. The molecule has 0 aliphatic carbocycles. The van der Waals surface area contributed by atoms with Gasteiger partial charge in [-0.15, -0.1) is 0 Å². The van der Waals surface area contributed by atoms with Crippen molar-refractivity contribution in [3.8, 4) is 0 Å². The molecule has 2 heterocycles. The molecule has 0 aromatic heterocycles. The number of nitrogens with zero attached hydrogens (tertiary/aromatic N) is 2. The Morgan fingerprint density at radius 3 is 2.20 bits per heavy atom.